The van der Waals surface area contributed by atoms with E-state index >= 15 is 0 Å². The predicted molar refractivity (Wildman–Crippen MR) is 102 cm³/mol. The molecular formula is C22H19OP. The maximum absolute atomic E-state index is 14.3. The van der Waals surface area contributed by atoms with Crippen LogP contribution >= 0.6 is 7.14 Å². The lowest BCUT2D eigenvalue weighted by molar-refractivity contribution is 0.589. The summed E-state index contributed by atoms with van der Waals surface area (Å²) < 4.78 is 14.3. The van der Waals surface area contributed by atoms with Gasteiger partial charge in [0.1, 0.15) is 0 Å². The second kappa shape index (κ2) is 6.26. The molecule has 4 rings (SSSR count). The highest BCUT2D eigenvalue weighted by Gasteiger charge is 2.32. The lowest BCUT2D eigenvalue weighted by Crippen LogP contribution is -2.18. The highest BCUT2D eigenvalue weighted by atomic mass is 31.2. The van der Waals surface area contributed by atoms with Crippen LogP contribution in [0.4, 0.5) is 0 Å². The smallest absolute Gasteiger partial charge is 0.167 e. The van der Waals surface area contributed by atoms with Gasteiger partial charge in [-0.15, -0.1) is 0 Å². The molecule has 2 heteroatoms. The molecule has 1 aliphatic rings. The zero-order chi connectivity index (χ0) is 16.4. The Morgan fingerprint density at radius 1 is 0.625 bits per heavy atom. The first-order valence-electron chi connectivity index (χ1n) is 8.29. The SMILES string of the molecule is O=P(C1=Cc2ccccc2CC1)(c1ccccc1)c1ccccc1. The topological polar surface area (TPSA) is 17.1 Å². The van der Waals surface area contributed by atoms with Crippen LogP contribution in [0.15, 0.2) is 90.2 Å². The summed E-state index contributed by atoms with van der Waals surface area (Å²) in [5.41, 5.74) is 2.54. The van der Waals surface area contributed by atoms with E-state index in [9.17, 15) is 4.57 Å². The molecule has 0 aromatic heterocycles. The summed E-state index contributed by atoms with van der Waals surface area (Å²) in [5.74, 6) is 0. The van der Waals surface area contributed by atoms with Crippen LogP contribution in [-0.4, -0.2) is 0 Å². The van der Waals surface area contributed by atoms with E-state index in [4.69, 9.17) is 0 Å². The number of fused-ring (bicyclic) bond motifs is 1. The zero-order valence-electron chi connectivity index (χ0n) is 13.4. The molecule has 0 atom stereocenters. The third-order valence-corrected chi connectivity index (χ3v) is 7.88. The van der Waals surface area contributed by atoms with Crippen LogP contribution in [0.25, 0.3) is 6.08 Å². The summed E-state index contributed by atoms with van der Waals surface area (Å²) in [6, 6.07) is 28.2. The average molecular weight is 330 g/mol. The fourth-order valence-corrected chi connectivity index (χ4v) is 6.31. The Kier molecular flexibility index (Phi) is 3.96. The Hall–Kier alpha value is -2.37. The molecule has 0 heterocycles. The molecule has 0 fully saturated rings. The molecule has 0 amide bonds. The number of hydrogen-bond acceptors (Lipinski definition) is 1. The Morgan fingerprint density at radius 3 is 1.79 bits per heavy atom. The van der Waals surface area contributed by atoms with Gasteiger partial charge in [0.05, 0.1) is 0 Å². The third-order valence-electron chi connectivity index (χ3n) is 4.67. The average Bonchev–Trinajstić information content (AvgIpc) is 2.68. The minimum atomic E-state index is -2.79. The van der Waals surface area contributed by atoms with E-state index in [-0.39, 0.29) is 0 Å². The highest BCUT2D eigenvalue weighted by molar-refractivity contribution is 7.82. The second-order valence-electron chi connectivity index (χ2n) is 6.11. The number of benzene rings is 3. The van der Waals surface area contributed by atoms with Gasteiger partial charge in [-0.25, -0.2) is 0 Å². The Bertz CT molecular complexity index is 883. The van der Waals surface area contributed by atoms with Gasteiger partial charge in [0.2, 0.25) is 0 Å². The quantitative estimate of drug-likeness (QED) is 0.619. The van der Waals surface area contributed by atoms with Gasteiger partial charge in [-0.05, 0) is 35.4 Å². The maximum atomic E-state index is 14.3. The number of rotatable bonds is 3. The summed E-state index contributed by atoms with van der Waals surface area (Å²) in [6.07, 6.45) is 3.95. The van der Waals surface area contributed by atoms with Crippen LogP contribution in [0.5, 0.6) is 0 Å². The lowest BCUT2D eigenvalue weighted by Gasteiger charge is -2.26. The van der Waals surface area contributed by atoms with Crippen molar-refractivity contribution < 1.29 is 4.57 Å². The molecule has 0 saturated carbocycles. The fourth-order valence-electron chi connectivity index (χ4n) is 3.42. The number of allylic oxidation sites excluding steroid dienone is 1. The number of aryl methyl sites for hydroxylation is 1. The predicted octanol–water partition coefficient (Wildman–Crippen LogP) is 4.99. The summed E-state index contributed by atoms with van der Waals surface area (Å²) in [4.78, 5) is 0. The minimum absolute atomic E-state index is 0.845. The standard InChI is InChI=1S/C22H19OP/c23-24(20-11-3-1-4-12-20,21-13-5-2-6-14-21)22-16-15-18-9-7-8-10-19(18)17-22/h1-14,17H,15-16H2. The molecule has 118 valence electrons. The molecule has 0 saturated heterocycles. The van der Waals surface area contributed by atoms with Crippen LogP contribution in [0.2, 0.25) is 0 Å². The molecule has 24 heavy (non-hydrogen) atoms. The van der Waals surface area contributed by atoms with Crippen LogP contribution < -0.4 is 10.6 Å². The normalized spacial score (nSPS) is 13.9. The molecular weight excluding hydrogens is 311 g/mol. The van der Waals surface area contributed by atoms with Gasteiger partial charge in [-0.1, -0.05) is 84.9 Å². The minimum Gasteiger partial charge on any atom is -0.309 e. The van der Waals surface area contributed by atoms with Crippen LogP contribution in [-0.2, 0) is 11.0 Å². The van der Waals surface area contributed by atoms with Crippen molar-refractivity contribution >= 4 is 23.8 Å². The molecule has 1 nitrogen and oxygen atoms in total. The van der Waals surface area contributed by atoms with Gasteiger partial charge in [0.15, 0.2) is 7.14 Å². The van der Waals surface area contributed by atoms with Crippen molar-refractivity contribution in [2.75, 3.05) is 0 Å². The van der Waals surface area contributed by atoms with E-state index in [0.717, 1.165) is 28.8 Å². The molecule has 3 aromatic rings. The van der Waals surface area contributed by atoms with Gasteiger partial charge in [0, 0.05) is 10.6 Å². The Morgan fingerprint density at radius 2 is 1.17 bits per heavy atom. The van der Waals surface area contributed by atoms with Crippen molar-refractivity contribution in [3.8, 4) is 0 Å². The molecule has 0 N–H and O–H groups in total. The van der Waals surface area contributed by atoms with Crippen molar-refractivity contribution in [1.82, 2.24) is 0 Å². The number of hydrogen-bond donors (Lipinski definition) is 0. The first-order chi connectivity index (χ1) is 11.8. The zero-order valence-corrected chi connectivity index (χ0v) is 14.3. The van der Waals surface area contributed by atoms with E-state index in [2.05, 4.69) is 24.3 Å². The molecule has 0 spiro atoms. The molecule has 1 aliphatic carbocycles. The van der Waals surface area contributed by atoms with E-state index in [1.54, 1.807) is 0 Å². The van der Waals surface area contributed by atoms with Crippen molar-refractivity contribution in [2.24, 2.45) is 0 Å². The fraction of sp³-hybridized carbons (Fsp3) is 0.0909. The summed E-state index contributed by atoms with van der Waals surface area (Å²) >= 11 is 0. The molecule has 0 bridgehead atoms. The van der Waals surface area contributed by atoms with Gasteiger partial charge >= 0.3 is 0 Å². The van der Waals surface area contributed by atoms with Crippen LogP contribution in [0.3, 0.4) is 0 Å². The summed E-state index contributed by atoms with van der Waals surface area (Å²) in [7, 11) is -2.79. The Labute approximate surface area is 143 Å². The Balaban J connectivity index is 1.93. The van der Waals surface area contributed by atoms with Gasteiger partial charge < -0.3 is 4.57 Å². The third kappa shape index (κ3) is 2.56. The highest BCUT2D eigenvalue weighted by Crippen LogP contribution is 2.55. The van der Waals surface area contributed by atoms with Crippen LogP contribution in [0, 0.1) is 0 Å². The summed E-state index contributed by atoms with van der Waals surface area (Å²) in [5, 5.41) is 2.89. The van der Waals surface area contributed by atoms with E-state index < -0.39 is 7.14 Å². The molecule has 3 aromatic carbocycles. The molecule has 0 aliphatic heterocycles. The first kappa shape index (κ1) is 15.2. The van der Waals surface area contributed by atoms with Crippen molar-refractivity contribution in [3.63, 3.8) is 0 Å². The van der Waals surface area contributed by atoms with Gasteiger partial charge in [0.25, 0.3) is 0 Å². The van der Waals surface area contributed by atoms with Gasteiger partial charge in [-0.3, -0.25) is 0 Å². The van der Waals surface area contributed by atoms with Crippen molar-refractivity contribution in [3.05, 3.63) is 101 Å². The first-order valence-corrected chi connectivity index (χ1v) is 9.99. The van der Waals surface area contributed by atoms with E-state index in [1.807, 2.05) is 66.7 Å². The van der Waals surface area contributed by atoms with Gasteiger partial charge in [-0.2, -0.15) is 0 Å². The monoisotopic (exact) mass is 330 g/mol. The maximum Gasteiger partial charge on any atom is 0.167 e. The van der Waals surface area contributed by atoms with Crippen molar-refractivity contribution in [1.29, 1.82) is 0 Å². The molecule has 0 radical (unpaired) electrons. The van der Waals surface area contributed by atoms with Crippen LogP contribution in [0.1, 0.15) is 17.5 Å². The van der Waals surface area contributed by atoms with Crippen molar-refractivity contribution in [2.45, 2.75) is 12.8 Å². The second-order valence-corrected chi connectivity index (χ2v) is 8.94. The van der Waals surface area contributed by atoms with E-state index in [0.29, 0.717) is 0 Å². The molecule has 0 unspecified atom stereocenters. The summed E-state index contributed by atoms with van der Waals surface area (Å²) in [6.45, 7) is 0. The largest absolute Gasteiger partial charge is 0.309 e. The van der Waals surface area contributed by atoms with E-state index in [1.165, 1.54) is 11.1 Å². The lowest BCUT2D eigenvalue weighted by atomic mass is 9.98.